The lowest BCUT2D eigenvalue weighted by molar-refractivity contribution is -0.125. The highest BCUT2D eigenvalue weighted by Crippen LogP contribution is 2.30. The summed E-state index contributed by atoms with van der Waals surface area (Å²) in [4.78, 5) is 42.2. The minimum Gasteiger partial charge on any atom is -0.476 e. The number of nitrogens with zero attached hydrogens (tertiary/aromatic N) is 3. The van der Waals surface area contributed by atoms with Crippen LogP contribution in [0.25, 0.3) is 0 Å². The van der Waals surface area contributed by atoms with E-state index in [-0.39, 0.29) is 23.6 Å². The zero-order chi connectivity index (χ0) is 15.7. The molecule has 0 saturated carbocycles. The van der Waals surface area contributed by atoms with Crippen molar-refractivity contribution >= 4 is 29.2 Å². The molecule has 0 spiro atoms. The van der Waals surface area contributed by atoms with Gasteiger partial charge in [-0.25, -0.2) is 14.6 Å². The van der Waals surface area contributed by atoms with E-state index in [9.17, 15) is 14.4 Å². The number of urea groups is 1. The number of carboxylic acid groups (broad SMARTS) is 1. The number of piperidine rings is 1. The molecule has 22 heavy (non-hydrogen) atoms. The van der Waals surface area contributed by atoms with Gasteiger partial charge in [0.15, 0.2) is 5.69 Å². The molecule has 0 bridgehead atoms. The largest absolute Gasteiger partial charge is 0.476 e. The third kappa shape index (κ3) is 2.83. The van der Waals surface area contributed by atoms with Crippen molar-refractivity contribution in [1.29, 1.82) is 0 Å². The van der Waals surface area contributed by atoms with Crippen LogP contribution < -0.4 is 0 Å². The molecule has 2 fully saturated rings. The number of carboxylic acids is 1. The summed E-state index contributed by atoms with van der Waals surface area (Å²) in [6, 6.07) is -0.220. The van der Waals surface area contributed by atoms with Gasteiger partial charge in [-0.1, -0.05) is 0 Å². The van der Waals surface area contributed by atoms with E-state index in [0.29, 0.717) is 26.1 Å². The Balaban J connectivity index is 1.69. The van der Waals surface area contributed by atoms with Crippen molar-refractivity contribution in [1.82, 2.24) is 14.8 Å². The molecule has 3 heterocycles. The Kier molecular flexibility index (Phi) is 4.10. The third-order valence-electron chi connectivity index (χ3n) is 4.09. The minimum absolute atomic E-state index is 0.0495. The van der Waals surface area contributed by atoms with Crippen molar-refractivity contribution in [3.63, 3.8) is 0 Å². The fraction of sp³-hybridized carbons (Fsp3) is 0.571. The lowest BCUT2D eigenvalue weighted by atomic mass is 9.99. The molecule has 2 aliphatic heterocycles. The summed E-state index contributed by atoms with van der Waals surface area (Å²) in [6.45, 7) is 1.63. The first-order valence-corrected chi connectivity index (χ1v) is 8.22. The van der Waals surface area contributed by atoms with E-state index in [4.69, 9.17) is 5.11 Å². The first kappa shape index (κ1) is 15.0. The standard InChI is InChI=1S/C14H17N3O4S/c18-11-4-2-6-17(11)14(21)16-5-1-3-9(7-16)12-15-10(8-22-12)13(19)20/h8-9H,1-7H2,(H,19,20). The van der Waals surface area contributed by atoms with Crippen molar-refractivity contribution in [2.24, 2.45) is 0 Å². The van der Waals surface area contributed by atoms with Gasteiger partial charge in [-0.05, 0) is 19.3 Å². The number of aromatic nitrogens is 1. The van der Waals surface area contributed by atoms with Crippen molar-refractivity contribution < 1.29 is 19.5 Å². The quantitative estimate of drug-likeness (QED) is 0.895. The lowest BCUT2D eigenvalue weighted by Gasteiger charge is -2.33. The molecule has 0 radical (unpaired) electrons. The molecule has 1 aromatic rings. The summed E-state index contributed by atoms with van der Waals surface area (Å²) in [5.74, 6) is -1.09. The molecule has 3 amide bonds. The molecule has 3 rings (SSSR count). The van der Waals surface area contributed by atoms with Crippen LogP contribution in [-0.2, 0) is 4.79 Å². The van der Waals surface area contributed by atoms with Gasteiger partial charge in [0, 0.05) is 37.4 Å². The van der Waals surface area contributed by atoms with Crippen molar-refractivity contribution in [3.05, 3.63) is 16.1 Å². The van der Waals surface area contributed by atoms with Gasteiger partial charge in [0.1, 0.15) is 0 Å². The minimum atomic E-state index is -1.03. The monoisotopic (exact) mass is 323 g/mol. The second-order valence-corrected chi connectivity index (χ2v) is 6.48. The van der Waals surface area contributed by atoms with E-state index >= 15 is 0 Å². The molecular formula is C14H17N3O4S. The Morgan fingerprint density at radius 2 is 2.14 bits per heavy atom. The number of likely N-dealkylation sites (tertiary alicyclic amines) is 2. The zero-order valence-corrected chi connectivity index (χ0v) is 12.8. The highest BCUT2D eigenvalue weighted by atomic mass is 32.1. The summed E-state index contributed by atoms with van der Waals surface area (Å²) in [5.41, 5.74) is 0.0539. The highest BCUT2D eigenvalue weighted by molar-refractivity contribution is 7.09. The number of imide groups is 1. The van der Waals surface area contributed by atoms with Crippen LogP contribution in [-0.4, -0.2) is 57.4 Å². The highest BCUT2D eigenvalue weighted by Gasteiger charge is 2.33. The topological polar surface area (TPSA) is 90.8 Å². The van der Waals surface area contributed by atoms with Gasteiger partial charge >= 0.3 is 12.0 Å². The summed E-state index contributed by atoms with van der Waals surface area (Å²) >= 11 is 1.32. The Morgan fingerprint density at radius 1 is 1.32 bits per heavy atom. The van der Waals surface area contributed by atoms with Gasteiger partial charge in [-0.15, -0.1) is 11.3 Å². The van der Waals surface area contributed by atoms with Gasteiger partial charge in [0.05, 0.1) is 5.01 Å². The first-order chi connectivity index (χ1) is 10.6. The van der Waals surface area contributed by atoms with E-state index in [0.717, 1.165) is 24.3 Å². The molecule has 1 atom stereocenters. The Bertz CT molecular complexity index is 615. The fourth-order valence-electron chi connectivity index (χ4n) is 2.95. The normalized spacial score (nSPS) is 22.2. The molecular weight excluding hydrogens is 306 g/mol. The van der Waals surface area contributed by atoms with Crippen molar-refractivity contribution in [2.75, 3.05) is 19.6 Å². The second kappa shape index (κ2) is 6.04. The Labute approximate surface area is 131 Å². The van der Waals surface area contributed by atoms with Crippen LogP contribution in [0.2, 0.25) is 0 Å². The summed E-state index contributed by atoms with van der Waals surface area (Å²) in [6.07, 6.45) is 2.89. The number of carbonyl (C=O) groups excluding carboxylic acids is 2. The predicted octanol–water partition coefficient (Wildman–Crippen LogP) is 1.76. The van der Waals surface area contributed by atoms with E-state index < -0.39 is 5.97 Å². The van der Waals surface area contributed by atoms with Crippen molar-refractivity contribution in [2.45, 2.75) is 31.6 Å². The molecule has 8 heteroatoms. The molecule has 118 valence electrons. The van der Waals surface area contributed by atoms with E-state index in [2.05, 4.69) is 4.98 Å². The van der Waals surface area contributed by atoms with Crippen LogP contribution in [0, 0.1) is 0 Å². The van der Waals surface area contributed by atoms with Gasteiger partial charge in [0.25, 0.3) is 0 Å². The number of rotatable bonds is 2. The lowest BCUT2D eigenvalue weighted by Crippen LogP contribution is -2.47. The summed E-state index contributed by atoms with van der Waals surface area (Å²) in [5, 5.41) is 11.2. The predicted molar refractivity (Wildman–Crippen MR) is 79.0 cm³/mol. The van der Waals surface area contributed by atoms with Gasteiger partial charge in [-0.3, -0.25) is 9.69 Å². The third-order valence-corrected chi connectivity index (χ3v) is 5.09. The molecule has 1 N–H and O–H groups in total. The smallest absolute Gasteiger partial charge is 0.355 e. The second-order valence-electron chi connectivity index (χ2n) is 5.59. The van der Waals surface area contributed by atoms with E-state index in [1.54, 1.807) is 4.90 Å². The molecule has 1 aromatic heterocycles. The summed E-state index contributed by atoms with van der Waals surface area (Å²) in [7, 11) is 0. The van der Waals surface area contributed by atoms with Gasteiger partial charge in [-0.2, -0.15) is 0 Å². The van der Waals surface area contributed by atoms with Crippen LogP contribution in [0.3, 0.4) is 0 Å². The number of carbonyl (C=O) groups is 3. The number of amides is 3. The van der Waals surface area contributed by atoms with E-state index in [1.807, 2.05) is 0 Å². The average molecular weight is 323 g/mol. The van der Waals surface area contributed by atoms with Crippen LogP contribution >= 0.6 is 11.3 Å². The van der Waals surface area contributed by atoms with Gasteiger partial charge < -0.3 is 10.0 Å². The SMILES string of the molecule is O=C(O)c1csc(C2CCCN(C(=O)N3CCCC3=O)C2)n1. The zero-order valence-electron chi connectivity index (χ0n) is 12.0. The van der Waals surface area contributed by atoms with Crippen LogP contribution in [0.1, 0.15) is 47.1 Å². The number of aromatic carboxylic acids is 1. The number of hydrogen-bond donors (Lipinski definition) is 1. The van der Waals surface area contributed by atoms with Crippen LogP contribution in [0.4, 0.5) is 4.79 Å². The maximum Gasteiger partial charge on any atom is 0.355 e. The fourth-order valence-corrected chi connectivity index (χ4v) is 3.87. The molecule has 2 aliphatic rings. The van der Waals surface area contributed by atoms with E-state index in [1.165, 1.54) is 21.6 Å². The molecule has 1 unspecified atom stereocenters. The summed E-state index contributed by atoms with van der Waals surface area (Å²) < 4.78 is 0. The van der Waals surface area contributed by atoms with Gasteiger partial charge in [0.2, 0.25) is 5.91 Å². The maximum absolute atomic E-state index is 12.4. The maximum atomic E-state index is 12.4. The molecule has 2 saturated heterocycles. The average Bonchev–Trinajstić information content (AvgIpc) is 3.15. The molecule has 0 aliphatic carbocycles. The molecule has 0 aromatic carbocycles. The first-order valence-electron chi connectivity index (χ1n) is 7.34. The molecule has 7 nitrogen and oxygen atoms in total. The Hall–Kier alpha value is -1.96. The van der Waals surface area contributed by atoms with Crippen LogP contribution in [0.5, 0.6) is 0 Å². The number of thiazole rings is 1. The van der Waals surface area contributed by atoms with Crippen LogP contribution in [0.15, 0.2) is 5.38 Å². The number of hydrogen-bond acceptors (Lipinski definition) is 5. The van der Waals surface area contributed by atoms with Crippen molar-refractivity contribution in [3.8, 4) is 0 Å². The Morgan fingerprint density at radius 3 is 2.77 bits per heavy atom.